The van der Waals surface area contributed by atoms with Crippen molar-refractivity contribution in [2.45, 2.75) is 38.3 Å². The molecule has 1 heterocycles. The molecule has 108 valence electrons. The first-order valence-corrected chi connectivity index (χ1v) is 7.26. The maximum Gasteiger partial charge on any atom is 0.120 e. The minimum atomic E-state index is -0.294. The smallest absolute Gasteiger partial charge is 0.120 e. The highest BCUT2D eigenvalue weighted by molar-refractivity contribution is 5.36. The molecule has 4 heteroatoms. The van der Waals surface area contributed by atoms with Gasteiger partial charge in [-0.25, -0.2) is 0 Å². The van der Waals surface area contributed by atoms with Crippen molar-refractivity contribution in [3.63, 3.8) is 0 Å². The van der Waals surface area contributed by atoms with E-state index in [1.165, 1.54) is 12.8 Å². The van der Waals surface area contributed by atoms with Gasteiger partial charge in [-0.15, -0.1) is 0 Å². The molecule has 0 bridgehead atoms. The first-order chi connectivity index (χ1) is 9.70. The quantitative estimate of drug-likeness (QED) is 0.894. The van der Waals surface area contributed by atoms with E-state index in [9.17, 15) is 5.11 Å². The molecular weight excluding hydrogens is 252 g/mol. The van der Waals surface area contributed by atoms with E-state index in [1.54, 1.807) is 12.1 Å². The minimum absolute atomic E-state index is 0.248. The first kappa shape index (κ1) is 14.8. The summed E-state index contributed by atoms with van der Waals surface area (Å²) in [5, 5.41) is 18.7. The van der Waals surface area contributed by atoms with Crippen molar-refractivity contribution in [1.82, 2.24) is 4.90 Å². The van der Waals surface area contributed by atoms with Crippen molar-refractivity contribution in [3.8, 4) is 11.8 Å². The van der Waals surface area contributed by atoms with Gasteiger partial charge in [-0.2, -0.15) is 5.26 Å². The highest BCUT2D eigenvalue weighted by Gasteiger charge is 2.25. The third-order valence-corrected chi connectivity index (χ3v) is 3.83. The molecule has 1 aliphatic rings. The van der Waals surface area contributed by atoms with Crippen LogP contribution in [0, 0.1) is 11.3 Å². The number of aliphatic hydroxyl groups excluding tert-OH is 1. The molecule has 0 aromatic heterocycles. The van der Waals surface area contributed by atoms with Gasteiger partial charge in [0.25, 0.3) is 0 Å². The lowest BCUT2D eigenvalue weighted by Gasteiger charge is -2.37. The molecule has 2 rings (SSSR count). The van der Waals surface area contributed by atoms with Crippen LogP contribution in [0.5, 0.6) is 5.75 Å². The molecule has 0 amide bonds. The number of hydrogen-bond donors (Lipinski definition) is 1. The second-order valence-electron chi connectivity index (χ2n) is 5.33. The van der Waals surface area contributed by atoms with Gasteiger partial charge >= 0.3 is 0 Å². The number of aliphatic hydroxyl groups is 1. The number of rotatable bonds is 5. The van der Waals surface area contributed by atoms with Gasteiger partial charge in [0.15, 0.2) is 0 Å². The number of nitrogens with zero attached hydrogens (tertiary/aromatic N) is 2. The number of hydrogen-bond acceptors (Lipinski definition) is 4. The zero-order chi connectivity index (χ0) is 14.4. The van der Waals surface area contributed by atoms with E-state index in [1.807, 2.05) is 19.1 Å². The van der Waals surface area contributed by atoms with Crippen LogP contribution in [-0.2, 0) is 0 Å². The number of piperidine rings is 1. The van der Waals surface area contributed by atoms with Gasteiger partial charge in [-0.3, -0.25) is 4.90 Å². The summed E-state index contributed by atoms with van der Waals surface area (Å²) in [7, 11) is 0. The molecule has 0 spiro atoms. The summed E-state index contributed by atoms with van der Waals surface area (Å²) in [5.74, 6) is 0.731. The largest absolute Gasteiger partial charge is 0.492 e. The van der Waals surface area contributed by atoms with E-state index < -0.39 is 0 Å². The predicted octanol–water partition coefficient (Wildman–Crippen LogP) is 2.17. The molecule has 1 aromatic carbocycles. The van der Waals surface area contributed by atoms with Crippen molar-refractivity contribution in [3.05, 3.63) is 29.8 Å². The lowest BCUT2D eigenvalue weighted by molar-refractivity contribution is 0.0293. The molecule has 2 atom stereocenters. The summed E-state index contributed by atoms with van der Waals surface area (Å²) in [4.78, 5) is 2.31. The van der Waals surface area contributed by atoms with E-state index in [4.69, 9.17) is 10.00 Å². The second kappa shape index (κ2) is 7.28. The topological polar surface area (TPSA) is 56.5 Å². The van der Waals surface area contributed by atoms with Crippen LogP contribution in [-0.4, -0.2) is 41.8 Å². The van der Waals surface area contributed by atoms with E-state index in [0.717, 1.165) is 25.3 Å². The molecule has 0 aliphatic carbocycles. The van der Waals surface area contributed by atoms with Crippen LogP contribution in [0.1, 0.15) is 31.7 Å². The van der Waals surface area contributed by atoms with Gasteiger partial charge in [0.05, 0.1) is 17.7 Å². The first-order valence-electron chi connectivity index (χ1n) is 7.26. The Morgan fingerprint density at radius 2 is 2.35 bits per heavy atom. The summed E-state index contributed by atoms with van der Waals surface area (Å²) < 4.78 is 5.70. The molecule has 1 fully saturated rings. The summed E-state index contributed by atoms with van der Waals surface area (Å²) in [6.07, 6.45) is 3.14. The van der Waals surface area contributed by atoms with Crippen molar-refractivity contribution in [2.24, 2.45) is 0 Å². The van der Waals surface area contributed by atoms with Gasteiger partial charge in [-0.1, -0.05) is 12.5 Å². The Labute approximate surface area is 120 Å². The van der Waals surface area contributed by atoms with Crippen LogP contribution in [0.4, 0.5) is 0 Å². The highest BCUT2D eigenvalue weighted by Crippen LogP contribution is 2.19. The zero-order valence-corrected chi connectivity index (χ0v) is 12.0. The van der Waals surface area contributed by atoms with Crippen LogP contribution in [0.15, 0.2) is 24.3 Å². The fourth-order valence-corrected chi connectivity index (χ4v) is 2.78. The van der Waals surface area contributed by atoms with Gasteiger partial charge in [0.2, 0.25) is 0 Å². The lowest BCUT2D eigenvalue weighted by Crippen LogP contribution is -2.47. The Bertz CT molecular complexity index is 468. The predicted molar refractivity (Wildman–Crippen MR) is 77.5 cm³/mol. The summed E-state index contributed by atoms with van der Waals surface area (Å²) in [5.41, 5.74) is 0.613. The number of likely N-dealkylation sites (tertiary alicyclic amines) is 1. The van der Waals surface area contributed by atoms with Crippen molar-refractivity contribution in [2.75, 3.05) is 19.7 Å². The highest BCUT2D eigenvalue weighted by atomic mass is 16.5. The number of benzene rings is 1. The van der Waals surface area contributed by atoms with Gasteiger partial charge in [0, 0.05) is 12.6 Å². The van der Waals surface area contributed by atoms with Crippen molar-refractivity contribution >= 4 is 0 Å². The molecule has 0 unspecified atom stereocenters. The number of ether oxygens (including phenoxy) is 1. The molecule has 4 nitrogen and oxygen atoms in total. The Balaban J connectivity index is 1.83. The van der Waals surface area contributed by atoms with Gasteiger partial charge in [-0.05, 0) is 44.5 Å². The van der Waals surface area contributed by atoms with Crippen LogP contribution in [0.25, 0.3) is 0 Å². The Morgan fingerprint density at radius 1 is 1.50 bits per heavy atom. The van der Waals surface area contributed by atoms with Crippen LogP contribution in [0.2, 0.25) is 0 Å². The Hall–Kier alpha value is -1.57. The van der Waals surface area contributed by atoms with E-state index in [0.29, 0.717) is 12.2 Å². The van der Waals surface area contributed by atoms with Crippen molar-refractivity contribution < 1.29 is 9.84 Å². The maximum atomic E-state index is 9.81. The molecular formula is C16H22N2O2. The third-order valence-electron chi connectivity index (χ3n) is 3.83. The molecule has 1 aromatic rings. The molecule has 20 heavy (non-hydrogen) atoms. The molecule has 0 saturated carbocycles. The molecule has 0 radical (unpaired) electrons. The summed E-state index contributed by atoms with van der Waals surface area (Å²) >= 11 is 0. The van der Waals surface area contributed by atoms with Gasteiger partial charge < -0.3 is 9.84 Å². The van der Waals surface area contributed by atoms with Crippen molar-refractivity contribution in [1.29, 1.82) is 5.26 Å². The summed E-state index contributed by atoms with van der Waals surface area (Å²) in [6, 6.07) is 9.56. The van der Waals surface area contributed by atoms with Crippen LogP contribution in [0.3, 0.4) is 0 Å². The standard InChI is InChI=1S/C16H22N2O2/c1-13(19)16-7-2-3-8-18(16)9-10-20-15-6-4-5-14(11-15)12-17/h4-6,11,13,16,19H,2-3,7-10H2,1H3/t13-,16-/m1/s1. The third kappa shape index (κ3) is 3.96. The average molecular weight is 274 g/mol. The molecule has 1 N–H and O–H groups in total. The molecule has 1 saturated heterocycles. The second-order valence-corrected chi connectivity index (χ2v) is 5.33. The van der Waals surface area contributed by atoms with E-state index in [-0.39, 0.29) is 12.1 Å². The average Bonchev–Trinajstić information content (AvgIpc) is 2.48. The molecule has 1 aliphatic heterocycles. The number of nitriles is 1. The van der Waals surface area contributed by atoms with E-state index in [2.05, 4.69) is 11.0 Å². The van der Waals surface area contributed by atoms with Crippen LogP contribution < -0.4 is 4.74 Å². The zero-order valence-electron chi connectivity index (χ0n) is 12.0. The Kier molecular flexibility index (Phi) is 5.40. The lowest BCUT2D eigenvalue weighted by atomic mass is 9.98. The van der Waals surface area contributed by atoms with Crippen LogP contribution >= 0.6 is 0 Å². The normalized spacial score (nSPS) is 21.1. The summed E-state index contributed by atoms with van der Waals surface area (Å²) in [6.45, 7) is 4.28. The monoisotopic (exact) mass is 274 g/mol. The minimum Gasteiger partial charge on any atom is -0.492 e. The van der Waals surface area contributed by atoms with E-state index >= 15 is 0 Å². The fourth-order valence-electron chi connectivity index (χ4n) is 2.78. The Morgan fingerprint density at radius 3 is 3.10 bits per heavy atom. The fraction of sp³-hybridized carbons (Fsp3) is 0.562. The SMILES string of the molecule is C[C@@H](O)[C@H]1CCCCN1CCOc1cccc(C#N)c1. The van der Waals surface area contributed by atoms with Gasteiger partial charge in [0.1, 0.15) is 12.4 Å². The maximum absolute atomic E-state index is 9.81.